The van der Waals surface area contributed by atoms with Crippen LogP contribution >= 0.6 is 11.3 Å². The van der Waals surface area contributed by atoms with Crippen molar-refractivity contribution in [1.82, 2.24) is 4.98 Å². The number of hydrogen-bond acceptors (Lipinski definition) is 6. The van der Waals surface area contributed by atoms with Crippen LogP contribution in [0.4, 0.5) is 5.13 Å². The molecule has 2 aromatic carbocycles. The fourth-order valence-corrected chi connectivity index (χ4v) is 4.32. The van der Waals surface area contributed by atoms with Gasteiger partial charge >= 0.3 is 0 Å². The fraction of sp³-hybridized carbons (Fsp3) is 0.125. The minimum atomic E-state index is -3.82. The summed E-state index contributed by atoms with van der Waals surface area (Å²) in [5.74, 6) is 0.560. The summed E-state index contributed by atoms with van der Waals surface area (Å²) >= 11 is 0.800. The summed E-state index contributed by atoms with van der Waals surface area (Å²) in [5, 5.41) is 0.594. The van der Waals surface area contributed by atoms with E-state index < -0.39 is 10.0 Å². The van der Waals surface area contributed by atoms with E-state index in [9.17, 15) is 13.2 Å². The number of benzene rings is 2. The van der Waals surface area contributed by atoms with E-state index in [1.807, 2.05) is 0 Å². The van der Waals surface area contributed by atoms with Crippen LogP contribution in [0.1, 0.15) is 0 Å². The van der Waals surface area contributed by atoms with Crippen LogP contribution in [-0.2, 0) is 10.0 Å². The molecule has 1 aromatic heterocycles. The number of nitrogens with zero attached hydrogens (tertiary/aromatic N) is 2. The van der Waals surface area contributed by atoms with Crippen molar-refractivity contribution in [2.24, 2.45) is 0 Å². The summed E-state index contributed by atoms with van der Waals surface area (Å²) in [5.41, 5.74) is 0.466. The molecular formula is C16H14N2O4S2. The number of aromatic nitrogens is 1. The molecule has 24 heavy (non-hydrogen) atoms. The molecule has 0 radical (unpaired) electrons. The van der Waals surface area contributed by atoms with Gasteiger partial charge in [0, 0.05) is 7.05 Å². The van der Waals surface area contributed by atoms with Gasteiger partial charge in [-0.25, -0.2) is 17.7 Å². The van der Waals surface area contributed by atoms with Crippen LogP contribution in [0.15, 0.2) is 58.2 Å². The summed E-state index contributed by atoms with van der Waals surface area (Å²) in [4.78, 5) is 16.6. The molecule has 6 nitrogen and oxygen atoms in total. The Morgan fingerprint density at radius 3 is 2.42 bits per heavy atom. The monoisotopic (exact) mass is 362 g/mol. The van der Waals surface area contributed by atoms with Crippen molar-refractivity contribution in [1.29, 1.82) is 0 Å². The minimum Gasteiger partial charge on any atom is -0.497 e. The van der Waals surface area contributed by atoms with Gasteiger partial charge in [-0.15, -0.1) is 0 Å². The van der Waals surface area contributed by atoms with Crippen LogP contribution in [-0.4, -0.2) is 27.6 Å². The zero-order chi connectivity index (χ0) is 17.3. The van der Waals surface area contributed by atoms with E-state index in [4.69, 9.17) is 4.74 Å². The first-order valence-corrected chi connectivity index (χ1v) is 9.22. The van der Waals surface area contributed by atoms with Crippen molar-refractivity contribution in [3.63, 3.8) is 0 Å². The van der Waals surface area contributed by atoms with Gasteiger partial charge in [-0.3, -0.25) is 4.79 Å². The van der Waals surface area contributed by atoms with E-state index in [1.54, 1.807) is 36.4 Å². The summed E-state index contributed by atoms with van der Waals surface area (Å²) in [6, 6.07) is 12.9. The van der Waals surface area contributed by atoms with E-state index in [0.717, 1.165) is 15.6 Å². The summed E-state index contributed by atoms with van der Waals surface area (Å²) in [6.45, 7) is 0. The van der Waals surface area contributed by atoms with Gasteiger partial charge in [0.25, 0.3) is 10.0 Å². The van der Waals surface area contributed by atoms with E-state index in [1.165, 1.54) is 26.3 Å². The molecule has 0 aliphatic carbocycles. The van der Waals surface area contributed by atoms with Crippen LogP contribution < -0.4 is 13.8 Å². The Balaban J connectivity index is 2.06. The molecule has 3 rings (SSSR count). The number of ether oxygens (including phenoxy) is 1. The van der Waals surface area contributed by atoms with Crippen molar-refractivity contribution >= 4 is 37.4 Å². The molecular weight excluding hydrogens is 348 g/mol. The van der Waals surface area contributed by atoms with Gasteiger partial charge in [0.15, 0.2) is 0 Å². The lowest BCUT2D eigenvalue weighted by Crippen LogP contribution is -2.27. The van der Waals surface area contributed by atoms with Crippen LogP contribution in [0.3, 0.4) is 0 Å². The summed E-state index contributed by atoms with van der Waals surface area (Å²) in [7, 11) is -0.928. The summed E-state index contributed by atoms with van der Waals surface area (Å²) < 4.78 is 31.3. The van der Waals surface area contributed by atoms with Crippen LogP contribution in [0.2, 0.25) is 0 Å². The molecule has 0 spiro atoms. The zero-order valence-corrected chi connectivity index (χ0v) is 14.6. The quantitative estimate of drug-likeness (QED) is 0.713. The molecule has 3 aromatic rings. The Morgan fingerprint density at radius 2 is 1.75 bits per heavy atom. The maximum Gasteiger partial charge on any atom is 0.265 e. The lowest BCUT2D eigenvalue weighted by atomic mass is 10.3. The van der Waals surface area contributed by atoms with E-state index in [2.05, 4.69) is 4.98 Å². The topological polar surface area (TPSA) is 76.6 Å². The second-order valence-corrected chi connectivity index (χ2v) is 7.86. The predicted octanol–water partition coefficient (Wildman–Crippen LogP) is 2.49. The third-order valence-corrected chi connectivity index (χ3v) is 6.34. The highest BCUT2D eigenvalue weighted by Gasteiger charge is 2.23. The second-order valence-electron chi connectivity index (χ2n) is 4.95. The average Bonchev–Trinajstić information content (AvgIpc) is 2.61. The van der Waals surface area contributed by atoms with Crippen molar-refractivity contribution in [2.75, 3.05) is 18.5 Å². The summed E-state index contributed by atoms with van der Waals surface area (Å²) in [6.07, 6.45) is 0. The number of para-hydroxylation sites is 1. The second kappa shape index (κ2) is 6.21. The molecule has 0 N–H and O–H groups in total. The van der Waals surface area contributed by atoms with Crippen LogP contribution in [0, 0.1) is 0 Å². The molecule has 0 saturated heterocycles. The van der Waals surface area contributed by atoms with Gasteiger partial charge in [0.05, 0.1) is 22.9 Å². The van der Waals surface area contributed by atoms with Crippen LogP contribution in [0.25, 0.3) is 10.9 Å². The van der Waals surface area contributed by atoms with Crippen molar-refractivity contribution in [3.8, 4) is 5.75 Å². The van der Waals surface area contributed by atoms with E-state index in [-0.39, 0.29) is 14.8 Å². The molecule has 0 fully saturated rings. The van der Waals surface area contributed by atoms with Gasteiger partial charge in [-0.1, -0.05) is 23.5 Å². The number of sulfonamides is 1. The van der Waals surface area contributed by atoms with Crippen LogP contribution in [0.5, 0.6) is 5.75 Å². The first-order chi connectivity index (χ1) is 11.4. The number of methoxy groups -OCH3 is 1. The van der Waals surface area contributed by atoms with Crippen molar-refractivity contribution in [2.45, 2.75) is 4.90 Å². The zero-order valence-electron chi connectivity index (χ0n) is 13.0. The van der Waals surface area contributed by atoms with Gasteiger partial charge in [-0.2, -0.15) is 0 Å². The van der Waals surface area contributed by atoms with Gasteiger partial charge in [0.2, 0.25) is 9.87 Å². The highest BCUT2D eigenvalue weighted by molar-refractivity contribution is 7.93. The van der Waals surface area contributed by atoms with Crippen molar-refractivity contribution in [3.05, 3.63) is 58.1 Å². The highest BCUT2D eigenvalue weighted by Crippen LogP contribution is 2.25. The van der Waals surface area contributed by atoms with Gasteiger partial charge in [0.1, 0.15) is 5.75 Å². The van der Waals surface area contributed by atoms with Gasteiger partial charge < -0.3 is 4.74 Å². The lowest BCUT2D eigenvalue weighted by Gasteiger charge is -2.17. The maximum atomic E-state index is 12.7. The Labute approximate surface area is 143 Å². The fourth-order valence-electron chi connectivity index (χ4n) is 2.15. The normalized spacial score (nSPS) is 11.4. The average molecular weight is 362 g/mol. The first-order valence-electron chi connectivity index (χ1n) is 6.96. The van der Waals surface area contributed by atoms with E-state index >= 15 is 0 Å². The van der Waals surface area contributed by atoms with Gasteiger partial charge in [-0.05, 0) is 36.4 Å². The third kappa shape index (κ3) is 2.85. The molecule has 0 aliphatic rings. The van der Waals surface area contributed by atoms with Crippen molar-refractivity contribution < 1.29 is 13.2 Å². The number of fused-ring (bicyclic) bond motifs is 1. The Bertz CT molecular complexity index is 1040. The standard InChI is InChI=1S/C16H14N2O4S2/c1-18(24(20,21)12-9-7-11(22-2)8-10-12)16-17-14-6-4-3-5-13(14)15(19)23-16/h3-10H,1-2H3. The Kier molecular flexibility index (Phi) is 4.25. The van der Waals surface area contributed by atoms with E-state index in [0.29, 0.717) is 16.7 Å². The molecule has 0 atom stereocenters. The number of anilines is 1. The molecule has 0 amide bonds. The minimum absolute atomic E-state index is 0.0976. The smallest absolute Gasteiger partial charge is 0.265 e. The highest BCUT2D eigenvalue weighted by atomic mass is 32.2. The molecule has 0 aliphatic heterocycles. The molecule has 124 valence electrons. The Hall–Kier alpha value is -2.45. The first kappa shape index (κ1) is 16.4. The molecule has 0 unspecified atom stereocenters. The molecule has 1 heterocycles. The predicted molar refractivity (Wildman–Crippen MR) is 94.5 cm³/mol. The third-order valence-electron chi connectivity index (χ3n) is 3.51. The lowest BCUT2D eigenvalue weighted by molar-refractivity contribution is 0.414. The maximum absolute atomic E-state index is 12.7. The molecule has 8 heteroatoms. The number of rotatable bonds is 4. The molecule has 0 bridgehead atoms. The number of hydrogen-bond donors (Lipinski definition) is 0. The SMILES string of the molecule is COc1ccc(S(=O)(=O)N(C)c2nc3ccccc3c(=O)s2)cc1. The Morgan fingerprint density at radius 1 is 1.08 bits per heavy atom. The molecule has 0 saturated carbocycles. The largest absolute Gasteiger partial charge is 0.497 e.